The number of benzene rings is 1. The molecule has 0 saturated heterocycles. The van der Waals surface area contributed by atoms with E-state index < -0.39 is 5.29 Å². The fourth-order valence-corrected chi connectivity index (χ4v) is 1.12. The third kappa shape index (κ3) is 3.07. The summed E-state index contributed by atoms with van der Waals surface area (Å²) in [7, 11) is 3.90. The summed E-state index contributed by atoms with van der Waals surface area (Å²) in [4.78, 5) is 1.98. The summed E-state index contributed by atoms with van der Waals surface area (Å²) in [5.41, 5.74) is 1.84. The van der Waals surface area contributed by atoms with E-state index in [4.69, 9.17) is 11.6 Å². The molecule has 70 valence electrons. The van der Waals surface area contributed by atoms with Crippen molar-refractivity contribution in [2.45, 2.75) is 0 Å². The van der Waals surface area contributed by atoms with Crippen LogP contribution in [0.4, 0.5) is 10.1 Å². The lowest BCUT2D eigenvalue weighted by molar-refractivity contribution is 0.702. The summed E-state index contributed by atoms with van der Waals surface area (Å²) in [6, 6.07) is 7.45. The van der Waals surface area contributed by atoms with Crippen LogP contribution in [0.5, 0.6) is 0 Å². The van der Waals surface area contributed by atoms with Crippen LogP contribution < -0.4 is 4.90 Å². The Kier molecular flexibility index (Phi) is 3.32. The monoisotopic (exact) mass is 199 g/mol. The Morgan fingerprint density at radius 3 is 2.23 bits per heavy atom. The molecule has 0 aromatic heterocycles. The van der Waals surface area contributed by atoms with Crippen LogP contribution in [0.1, 0.15) is 5.56 Å². The van der Waals surface area contributed by atoms with Gasteiger partial charge >= 0.3 is 0 Å². The molecule has 0 unspecified atom stereocenters. The molecule has 0 atom stereocenters. The highest BCUT2D eigenvalue weighted by Crippen LogP contribution is 2.15. The van der Waals surface area contributed by atoms with Gasteiger partial charge in [0.2, 0.25) is 0 Å². The van der Waals surface area contributed by atoms with E-state index >= 15 is 0 Å². The normalized spacial score (nSPS) is 11.5. The Morgan fingerprint density at radius 1 is 1.31 bits per heavy atom. The maximum Gasteiger partial charge on any atom is 0.189 e. The molecule has 1 rings (SSSR count). The van der Waals surface area contributed by atoms with Crippen LogP contribution in [0, 0.1) is 0 Å². The minimum Gasteiger partial charge on any atom is -0.378 e. The molecule has 13 heavy (non-hydrogen) atoms. The first-order chi connectivity index (χ1) is 6.09. The quantitative estimate of drug-likeness (QED) is 0.707. The van der Waals surface area contributed by atoms with Crippen molar-refractivity contribution in [1.29, 1.82) is 0 Å². The van der Waals surface area contributed by atoms with Crippen LogP contribution in [0.3, 0.4) is 0 Å². The van der Waals surface area contributed by atoms with Crippen molar-refractivity contribution in [3.63, 3.8) is 0 Å². The van der Waals surface area contributed by atoms with Crippen LogP contribution in [-0.4, -0.2) is 14.1 Å². The van der Waals surface area contributed by atoms with E-state index in [1.54, 1.807) is 0 Å². The van der Waals surface area contributed by atoms with Crippen LogP contribution in [0.15, 0.2) is 29.6 Å². The maximum atomic E-state index is 12.3. The third-order valence-electron chi connectivity index (χ3n) is 1.69. The van der Waals surface area contributed by atoms with Crippen molar-refractivity contribution < 1.29 is 4.39 Å². The molecule has 1 aromatic rings. The zero-order valence-corrected chi connectivity index (χ0v) is 8.35. The van der Waals surface area contributed by atoms with Gasteiger partial charge in [-0.25, -0.2) is 0 Å². The van der Waals surface area contributed by atoms with Gasteiger partial charge in [-0.1, -0.05) is 23.7 Å². The number of hydrogen-bond acceptors (Lipinski definition) is 1. The van der Waals surface area contributed by atoms with Gasteiger partial charge in [0.05, 0.1) is 0 Å². The Bertz CT molecular complexity index is 299. The molecule has 0 radical (unpaired) electrons. The molecule has 0 aliphatic heterocycles. The zero-order valence-electron chi connectivity index (χ0n) is 7.59. The van der Waals surface area contributed by atoms with Gasteiger partial charge < -0.3 is 4.90 Å². The first-order valence-electron chi connectivity index (χ1n) is 3.89. The van der Waals surface area contributed by atoms with Crippen molar-refractivity contribution in [3.8, 4) is 0 Å². The lowest BCUT2D eigenvalue weighted by Crippen LogP contribution is -2.07. The van der Waals surface area contributed by atoms with Gasteiger partial charge in [-0.15, -0.1) is 0 Å². The van der Waals surface area contributed by atoms with E-state index in [9.17, 15) is 4.39 Å². The van der Waals surface area contributed by atoms with Gasteiger partial charge in [0.25, 0.3) is 0 Å². The van der Waals surface area contributed by atoms with Crippen LogP contribution in [0.25, 0.3) is 6.08 Å². The van der Waals surface area contributed by atoms with E-state index in [2.05, 4.69) is 0 Å². The number of hydrogen-bond donors (Lipinski definition) is 0. The van der Waals surface area contributed by atoms with Crippen molar-refractivity contribution in [2.75, 3.05) is 19.0 Å². The molecule has 0 spiro atoms. The van der Waals surface area contributed by atoms with Gasteiger partial charge in [-0.05, 0) is 23.8 Å². The molecule has 0 aliphatic carbocycles. The van der Waals surface area contributed by atoms with E-state index in [0.29, 0.717) is 0 Å². The summed E-state index contributed by atoms with van der Waals surface area (Å²) in [6.45, 7) is 0. The average molecular weight is 200 g/mol. The molecular formula is C10H11ClFN. The standard InChI is InChI=1S/C10H11ClFN/c1-13(2)9-5-3-8(4-6-9)7-10(11)12/h3-7H,1-2H3/b10-7-. The highest BCUT2D eigenvalue weighted by Gasteiger charge is 1.94. The minimum atomic E-state index is -0.697. The molecule has 0 heterocycles. The molecule has 3 heteroatoms. The van der Waals surface area contributed by atoms with E-state index in [1.165, 1.54) is 6.08 Å². The second-order valence-electron chi connectivity index (χ2n) is 2.92. The summed E-state index contributed by atoms with van der Waals surface area (Å²) < 4.78 is 12.3. The average Bonchev–Trinajstić information content (AvgIpc) is 2.04. The van der Waals surface area contributed by atoms with Crippen LogP contribution in [0.2, 0.25) is 0 Å². The topological polar surface area (TPSA) is 3.24 Å². The lowest BCUT2D eigenvalue weighted by atomic mass is 10.2. The molecular weight excluding hydrogens is 189 g/mol. The maximum absolute atomic E-state index is 12.3. The fraction of sp³-hybridized carbons (Fsp3) is 0.200. The smallest absolute Gasteiger partial charge is 0.189 e. The summed E-state index contributed by atoms with van der Waals surface area (Å²) in [5, 5.41) is -0.697. The Labute approximate surface area is 82.4 Å². The number of rotatable bonds is 2. The summed E-state index contributed by atoms with van der Waals surface area (Å²) >= 11 is 5.10. The molecule has 0 aliphatic rings. The lowest BCUT2D eigenvalue weighted by Gasteiger charge is -2.11. The molecule has 0 saturated carbocycles. The van der Waals surface area contributed by atoms with E-state index in [0.717, 1.165) is 11.3 Å². The van der Waals surface area contributed by atoms with Gasteiger partial charge in [0.1, 0.15) is 0 Å². The molecule has 1 nitrogen and oxygen atoms in total. The van der Waals surface area contributed by atoms with E-state index in [1.807, 2.05) is 43.3 Å². The fourth-order valence-electron chi connectivity index (χ4n) is 0.995. The molecule has 0 fully saturated rings. The third-order valence-corrected chi connectivity index (χ3v) is 1.79. The minimum absolute atomic E-state index is 0.697. The second kappa shape index (κ2) is 4.28. The Hall–Kier alpha value is -1.02. The molecule has 0 bridgehead atoms. The predicted molar refractivity (Wildman–Crippen MR) is 55.7 cm³/mol. The first kappa shape index (κ1) is 10.1. The van der Waals surface area contributed by atoms with Gasteiger partial charge in [-0.2, -0.15) is 4.39 Å². The number of halogens is 2. The molecule has 0 N–H and O–H groups in total. The van der Waals surface area contributed by atoms with E-state index in [-0.39, 0.29) is 0 Å². The van der Waals surface area contributed by atoms with Gasteiger partial charge in [-0.3, -0.25) is 0 Å². The Morgan fingerprint density at radius 2 is 1.85 bits per heavy atom. The van der Waals surface area contributed by atoms with Crippen molar-refractivity contribution in [2.24, 2.45) is 0 Å². The largest absolute Gasteiger partial charge is 0.378 e. The van der Waals surface area contributed by atoms with Crippen molar-refractivity contribution in [3.05, 3.63) is 35.1 Å². The van der Waals surface area contributed by atoms with Crippen LogP contribution >= 0.6 is 11.6 Å². The van der Waals surface area contributed by atoms with Gasteiger partial charge in [0.15, 0.2) is 5.29 Å². The van der Waals surface area contributed by atoms with Crippen molar-refractivity contribution in [1.82, 2.24) is 0 Å². The predicted octanol–water partition coefficient (Wildman–Crippen LogP) is 3.26. The summed E-state index contributed by atoms with van der Waals surface area (Å²) in [6.07, 6.45) is 1.28. The zero-order chi connectivity index (χ0) is 9.84. The SMILES string of the molecule is CN(C)c1ccc(/C=C(\F)Cl)cc1. The number of nitrogens with zero attached hydrogens (tertiary/aromatic N) is 1. The Balaban J connectivity index is 2.88. The first-order valence-corrected chi connectivity index (χ1v) is 4.27. The highest BCUT2D eigenvalue weighted by atomic mass is 35.5. The second-order valence-corrected chi connectivity index (χ2v) is 3.28. The summed E-state index contributed by atoms with van der Waals surface area (Å²) in [5.74, 6) is 0. The highest BCUT2D eigenvalue weighted by molar-refractivity contribution is 6.30. The van der Waals surface area contributed by atoms with Crippen molar-refractivity contribution >= 4 is 23.4 Å². The molecule has 1 aromatic carbocycles. The molecule has 0 amide bonds. The van der Waals surface area contributed by atoms with Gasteiger partial charge in [0, 0.05) is 19.8 Å². The van der Waals surface area contributed by atoms with Crippen LogP contribution in [-0.2, 0) is 0 Å². The number of anilines is 1.